The maximum atomic E-state index is 14.9. The lowest BCUT2D eigenvalue weighted by Crippen LogP contribution is -2.33. The molecule has 3 heterocycles. The van der Waals surface area contributed by atoms with E-state index in [4.69, 9.17) is 4.74 Å². The van der Waals surface area contributed by atoms with E-state index >= 15 is 0 Å². The molecule has 1 atom stereocenters. The van der Waals surface area contributed by atoms with Crippen LogP contribution in [0.5, 0.6) is 0 Å². The number of thioether (sulfide) groups is 1. The number of carbonyl (C=O) groups excluding carboxylic acids is 3. The second-order valence-corrected chi connectivity index (χ2v) is 8.18. The van der Waals surface area contributed by atoms with Crippen LogP contribution in [0.25, 0.3) is 5.57 Å². The van der Waals surface area contributed by atoms with Gasteiger partial charge in [0.25, 0.3) is 5.91 Å². The van der Waals surface area contributed by atoms with Gasteiger partial charge in [-0.15, -0.1) is 0 Å². The molecular weight excluding hydrogens is 411 g/mol. The standard InChI is InChI=1S/C20H21FN4O4S/c1-12(26)22-8-15-10-25(20(28)29-15)14-4-5-16(17(21)7-14)13-3-2-6-24(9-13)19-23-18(27)11-30-19/h3-5,7,15H,2,6,8-11H2,1H3,(H,22,26). The fourth-order valence-electron chi connectivity index (χ4n) is 3.59. The minimum Gasteiger partial charge on any atom is -0.442 e. The Kier molecular flexibility index (Phi) is 5.76. The van der Waals surface area contributed by atoms with E-state index in [1.54, 1.807) is 12.1 Å². The zero-order chi connectivity index (χ0) is 21.3. The number of hydrogen-bond donors (Lipinski definition) is 1. The van der Waals surface area contributed by atoms with Crippen LogP contribution in [0, 0.1) is 5.82 Å². The highest BCUT2D eigenvalue weighted by molar-refractivity contribution is 8.14. The van der Waals surface area contributed by atoms with Gasteiger partial charge in [-0.2, -0.15) is 4.99 Å². The van der Waals surface area contributed by atoms with Crippen LogP contribution in [0.15, 0.2) is 29.3 Å². The third-order valence-corrected chi connectivity index (χ3v) is 6.03. The summed E-state index contributed by atoms with van der Waals surface area (Å²) in [4.78, 5) is 42.0. The number of anilines is 1. The lowest BCUT2D eigenvalue weighted by atomic mass is 10.0. The van der Waals surface area contributed by atoms with Gasteiger partial charge in [-0.3, -0.25) is 14.5 Å². The topological polar surface area (TPSA) is 91.3 Å². The second kappa shape index (κ2) is 8.47. The summed E-state index contributed by atoms with van der Waals surface area (Å²) in [5, 5.41) is 3.30. The predicted octanol–water partition coefficient (Wildman–Crippen LogP) is 2.01. The Morgan fingerprint density at radius 2 is 2.23 bits per heavy atom. The Hall–Kier alpha value is -2.88. The average molecular weight is 432 g/mol. The van der Waals surface area contributed by atoms with Gasteiger partial charge in [0, 0.05) is 25.6 Å². The molecule has 1 aromatic carbocycles. The van der Waals surface area contributed by atoms with Gasteiger partial charge in [-0.1, -0.05) is 17.8 Å². The second-order valence-electron chi connectivity index (χ2n) is 7.23. The third kappa shape index (κ3) is 4.33. The quantitative estimate of drug-likeness (QED) is 0.783. The highest BCUT2D eigenvalue weighted by Gasteiger charge is 2.33. The molecule has 0 aromatic heterocycles. The van der Waals surface area contributed by atoms with Gasteiger partial charge in [0.05, 0.1) is 24.5 Å². The number of halogens is 1. The van der Waals surface area contributed by atoms with E-state index in [-0.39, 0.29) is 24.9 Å². The molecule has 3 aliphatic heterocycles. The molecule has 158 valence electrons. The molecule has 10 heteroatoms. The number of amides is 3. The van der Waals surface area contributed by atoms with E-state index < -0.39 is 18.0 Å². The lowest BCUT2D eigenvalue weighted by molar-refractivity contribution is -0.119. The molecule has 1 unspecified atom stereocenters. The van der Waals surface area contributed by atoms with Crippen molar-refractivity contribution in [1.82, 2.24) is 10.2 Å². The van der Waals surface area contributed by atoms with E-state index in [0.29, 0.717) is 28.7 Å². The van der Waals surface area contributed by atoms with Crippen LogP contribution in [0.1, 0.15) is 18.9 Å². The summed E-state index contributed by atoms with van der Waals surface area (Å²) in [5.41, 5.74) is 1.68. The summed E-state index contributed by atoms with van der Waals surface area (Å²) < 4.78 is 20.2. The van der Waals surface area contributed by atoms with Crippen molar-refractivity contribution >= 4 is 46.1 Å². The molecule has 3 aliphatic rings. The van der Waals surface area contributed by atoms with Crippen molar-refractivity contribution in [1.29, 1.82) is 0 Å². The van der Waals surface area contributed by atoms with Gasteiger partial charge in [-0.05, 0) is 30.2 Å². The highest BCUT2D eigenvalue weighted by Crippen LogP contribution is 2.30. The van der Waals surface area contributed by atoms with Gasteiger partial charge < -0.3 is 15.0 Å². The van der Waals surface area contributed by atoms with Crippen LogP contribution in [0.2, 0.25) is 0 Å². The first-order chi connectivity index (χ1) is 14.4. The first-order valence-corrected chi connectivity index (χ1v) is 10.6. The zero-order valence-electron chi connectivity index (χ0n) is 16.4. The molecule has 0 bridgehead atoms. The SMILES string of the molecule is CC(=O)NCC1CN(c2ccc(C3=CCCN(C4=NC(=O)CS4)C3)c(F)c2)C(=O)O1. The molecule has 0 aliphatic carbocycles. The number of nitrogens with one attached hydrogen (secondary N) is 1. The summed E-state index contributed by atoms with van der Waals surface area (Å²) in [6.07, 6.45) is 1.67. The Balaban J connectivity index is 1.46. The predicted molar refractivity (Wildman–Crippen MR) is 112 cm³/mol. The summed E-state index contributed by atoms with van der Waals surface area (Å²) in [6, 6.07) is 4.66. The molecule has 1 fully saturated rings. The fourth-order valence-corrected chi connectivity index (χ4v) is 4.41. The number of carbonyl (C=O) groups is 3. The van der Waals surface area contributed by atoms with Crippen LogP contribution < -0.4 is 10.2 Å². The maximum absolute atomic E-state index is 14.9. The maximum Gasteiger partial charge on any atom is 0.414 e. The summed E-state index contributed by atoms with van der Waals surface area (Å²) in [7, 11) is 0. The Labute approximate surface area is 177 Å². The molecule has 8 nitrogen and oxygen atoms in total. The van der Waals surface area contributed by atoms with E-state index in [1.165, 1.54) is 29.7 Å². The summed E-state index contributed by atoms with van der Waals surface area (Å²) in [5.74, 6) is -0.434. The van der Waals surface area contributed by atoms with E-state index in [0.717, 1.165) is 18.5 Å². The number of benzene rings is 1. The van der Waals surface area contributed by atoms with Crippen LogP contribution in [0.3, 0.4) is 0 Å². The fraction of sp³-hybridized carbons (Fsp3) is 0.400. The van der Waals surface area contributed by atoms with E-state index in [1.807, 2.05) is 11.0 Å². The molecule has 3 amide bonds. The number of amidine groups is 1. The Morgan fingerprint density at radius 1 is 1.40 bits per heavy atom. The monoisotopic (exact) mass is 432 g/mol. The van der Waals surface area contributed by atoms with Crippen LogP contribution in [0.4, 0.5) is 14.9 Å². The zero-order valence-corrected chi connectivity index (χ0v) is 17.2. The van der Waals surface area contributed by atoms with Gasteiger partial charge in [0.1, 0.15) is 11.9 Å². The summed E-state index contributed by atoms with van der Waals surface area (Å²) >= 11 is 1.40. The lowest BCUT2D eigenvalue weighted by Gasteiger charge is -2.28. The highest BCUT2D eigenvalue weighted by atomic mass is 32.2. The first kappa shape index (κ1) is 20.4. The van der Waals surface area contributed by atoms with Crippen molar-refractivity contribution in [3.63, 3.8) is 0 Å². The van der Waals surface area contributed by atoms with Crippen molar-refractivity contribution in [3.05, 3.63) is 35.7 Å². The van der Waals surface area contributed by atoms with Crippen molar-refractivity contribution in [2.24, 2.45) is 4.99 Å². The van der Waals surface area contributed by atoms with Crippen molar-refractivity contribution < 1.29 is 23.5 Å². The van der Waals surface area contributed by atoms with Crippen molar-refractivity contribution in [2.45, 2.75) is 19.4 Å². The largest absolute Gasteiger partial charge is 0.442 e. The van der Waals surface area contributed by atoms with E-state index in [2.05, 4.69) is 10.3 Å². The number of aliphatic imine (C=N–C) groups is 1. The molecule has 4 rings (SSSR count). The first-order valence-electron chi connectivity index (χ1n) is 9.61. The molecule has 0 radical (unpaired) electrons. The molecule has 1 saturated heterocycles. The van der Waals surface area contributed by atoms with E-state index in [9.17, 15) is 18.8 Å². The average Bonchev–Trinajstić information content (AvgIpc) is 3.32. The van der Waals surface area contributed by atoms with Crippen molar-refractivity contribution in [2.75, 3.05) is 36.8 Å². The van der Waals surface area contributed by atoms with Gasteiger partial charge in [-0.25, -0.2) is 9.18 Å². The smallest absolute Gasteiger partial charge is 0.414 e. The molecule has 0 spiro atoms. The number of rotatable bonds is 4. The molecule has 1 N–H and O–H groups in total. The number of hydrogen-bond acceptors (Lipinski definition) is 6. The van der Waals surface area contributed by atoms with Gasteiger partial charge in [0.2, 0.25) is 5.91 Å². The van der Waals surface area contributed by atoms with Crippen LogP contribution in [-0.4, -0.2) is 66.0 Å². The molecule has 30 heavy (non-hydrogen) atoms. The number of nitrogens with zero attached hydrogens (tertiary/aromatic N) is 3. The van der Waals surface area contributed by atoms with Crippen LogP contribution >= 0.6 is 11.8 Å². The van der Waals surface area contributed by atoms with Gasteiger partial charge in [0.15, 0.2) is 5.17 Å². The minimum atomic E-state index is -0.568. The minimum absolute atomic E-state index is 0.143. The van der Waals surface area contributed by atoms with Gasteiger partial charge >= 0.3 is 6.09 Å². The molecule has 0 saturated carbocycles. The number of ether oxygens (including phenoxy) is 1. The summed E-state index contributed by atoms with van der Waals surface area (Å²) in [6.45, 7) is 3.04. The normalized spacial score (nSPS) is 21.5. The van der Waals surface area contributed by atoms with Crippen LogP contribution in [-0.2, 0) is 14.3 Å². The third-order valence-electron chi connectivity index (χ3n) is 5.03. The molecule has 1 aromatic rings. The Morgan fingerprint density at radius 3 is 2.93 bits per heavy atom. The Bertz CT molecular complexity index is 964. The van der Waals surface area contributed by atoms with Crippen molar-refractivity contribution in [3.8, 4) is 0 Å². The number of cyclic esters (lactones) is 1. The molecular formula is C20H21FN4O4S.